The van der Waals surface area contributed by atoms with Crippen LogP contribution in [0.3, 0.4) is 0 Å². The van der Waals surface area contributed by atoms with Crippen molar-refractivity contribution in [1.82, 2.24) is 28.4 Å². The van der Waals surface area contributed by atoms with Gasteiger partial charge in [0.2, 0.25) is 10.0 Å². The van der Waals surface area contributed by atoms with E-state index in [0.29, 0.717) is 69.7 Å². The van der Waals surface area contributed by atoms with Crippen molar-refractivity contribution in [1.29, 1.82) is 0 Å². The summed E-state index contributed by atoms with van der Waals surface area (Å²) in [5.74, 6) is 1.33. The maximum absolute atomic E-state index is 14.5. The van der Waals surface area contributed by atoms with Gasteiger partial charge in [0.15, 0.2) is 0 Å². The van der Waals surface area contributed by atoms with Crippen molar-refractivity contribution in [3.63, 3.8) is 0 Å². The molecule has 7 aromatic rings. The quantitative estimate of drug-likeness (QED) is 0.0471. The van der Waals surface area contributed by atoms with E-state index in [0.717, 1.165) is 55.7 Å². The highest BCUT2D eigenvalue weighted by Crippen LogP contribution is 2.43. The number of fused-ring (bicyclic) bond motifs is 2. The number of sulfonamides is 1. The number of rotatable bonds is 18. The average Bonchev–Trinajstić information content (AvgIpc) is 3.85. The molecule has 0 spiro atoms. The minimum absolute atomic E-state index is 0.0392. The van der Waals surface area contributed by atoms with Gasteiger partial charge in [0.25, 0.3) is 0 Å². The first-order chi connectivity index (χ1) is 30.1. The Bertz CT molecular complexity index is 2930. The van der Waals surface area contributed by atoms with Crippen molar-refractivity contribution in [3.8, 4) is 22.6 Å². The van der Waals surface area contributed by atoms with Crippen molar-refractivity contribution in [2.45, 2.75) is 63.8 Å². The van der Waals surface area contributed by atoms with Crippen LogP contribution in [0.4, 0.5) is 4.39 Å². The highest BCUT2D eigenvalue weighted by Gasteiger charge is 2.30. The summed E-state index contributed by atoms with van der Waals surface area (Å²) in [5.41, 5.74) is 7.17. The first-order valence-electron chi connectivity index (χ1n) is 20.7. The summed E-state index contributed by atoms with van der Waals surface area (Å²) < 4.78 is 65.2. The molecule has 332 valence electrons. The second-order valence-electron chi connectivity index (χ2n) is 15.5. The number of carbonyl (C=O) groups excluding carboxylic acids is 1. The highest BCUT2D eigenvalue weighted by molar-refractivity contribution is 7.98. The number of nitrogens with zero attached hydrogens (tertiary/aromatic N) is 6. The largest absolute Gasteiger partial charge is 0.497 e. The number of hydrogen-bond acceptors (Lipinski definition) is 9. The van der Waals surface area contributed by atoms with Crippen LogP contribution in [0, 0.1) is 12.7 Å². The Morgan fingerprint density at radius 1 is 0.921 bits per heavy atom. The molecule has 0 atom stereocenters. The Morgan fingerprint density at radius 3 is 2.35 bits per heavy atom. The molecular formula is C47H52ClFN6O6S2. The van der Waals surface area contributed by atoms with E-state index in [9.17, 15) is 17.6 Å². The van der Waals surface area contributed by atoms with Crippen LogP contribution >= 0.6 is 23.4 Å². The first kappa shape index (κ1) is 45.7. The van der Waals surface area contributed by atoms with Crippen molar-refractivity contribution in [2.24, 2.45) is 21.1 Å². The standard InChI is InChI=1S/C47H52ClFN6O6S2/c1-9-34-24-33(50-54(34)6)26-55(63(8,57)58)27-41-43(29(3)53(5)51-41)44-40(48)20-19-39-38(46(47(56)60-10-2)52(4)45(39)44)12-11-21-61-42-25-36(23-31-22-32(49)15-18-37(31)42)62-28-30-13-16-35(59-7)17-14-30/h13-20,22-25H,9-12,21,26-28H2,1-8H3. The molecule has 0 aliphatic carbocycles. The summed E-state index contributed by atoms with van der Waals surface area (Å²) >= 11 is 8.76. The zero-order valence-corrected chi connectivity index (χ0v) is 39.2. The van der Waals surface area contributed by atoms with Crippen molar-refractivity contribution in [3.05, 3.63) is 123 Å². The third-order valence-electron chi connectivity index (χ3n) is 11.3. The van der Waals surface area contributed by atoms with Crippen LogP contribution in [-0.2, 0) is 67.6 Å². The molecule has 3 heterocycles. The van der Waals surface area contributed by atoms with Gasteiger partial charge in [-0.05, 0) is 104 Å². The van der Waals surface area contributed by atoms with Gasteiger partial charge in [-0.15, -0.1) is 11.8 Å². The van der Waals surface area contributed by atoms with Gasteiger partial charge in [0, 0.05) is 65.1 Å². The van der Waals surface area contributed by atoms with E-state index >= 15 is 0 Å². The van der Waals surface area contributed by atoms with Crippen LogP contribution < -0.4 is 9.47 Å². The molecular weight excluding hydrogens is 863 g/mol. The van der Waals surface area contributed by atoms with Crippen molar-refractivity contribution >= 4 is 61.0 Å². The minimum atomic E-state index is -3.72. The van der Waals surface area contributed by atoms with Gasteiger partial charge in [-0.3, -0.25) is 9.36 Å². The number of benzene rings is 4. The van der Waals surface area contributed by atoms with Crippen LogP contribution in [0.1, 0.15) is 64.7 Å². The number of esters is 1. The fourth-order valence-corrected chi connectivity index (χ4v) is 9.98. The van der Waals surface area contributed by atoms with Gasteiger partial charge < -0.3 is 18.8 Å². The lowest BCUT2D eigenvalue weighted by Gasteiger charge is -2.19. The van der Waals surface area contributed by atoms with Crippen LogP contribution in [-0.4, -0.2) is 69.4 Å². The smallest absolute Gasteiger partial charge is 0.355 e. The van der Waals surface area contributed by atoms with E-state index in [1.807, 2.05) is 88.1 Å². The van der Waals surface area contributed by atoms with Gasteiger partial charge in [0.05, 0.1) is 61.6 Å². The van der Waals surface area contributed by atoms with Gasteiger partial charge in [0.1, 0.15) is 23.0 Å². The highest BCUT2D eigenvalue weighted by atomic mass is 35.5. The average molecular weight is 916 g/mol. The summed E-state index contributed by atoms with van der Waals surface area (Å²) in [6.07, 6.45) is 2.92. The molecule has 0 aliphatic heterocycles. The van der Waals surface area contributed by atoms with E-state index in [1.54, 1.807) is 47.3 Å². The van der Waals surface area contributed by atoms with E-state index < -0.39 is 16.0 Å². The number of halogens is 2. The molecule has 0 unspecified atom stereocenters. The predicted octanol–water partition coefficient (Wildman–Crippen LogP) is 9.58. The fraction of sp³-hybridized carbons (Fsp3) is 0.340. The molecule has 0 bridgehead atoms. The normalized spacial score (nSPS) is 11.9. The monoisotopic (exact) mass is 914 g/mol. The summed E-state index contributed by atoms with van der Waals surface area (Å²) in [5, 5.41) is 12.1. The van der Waals surface area contributed by atoms with Crippen LogP contribution in [0.25, 0.3) is 32.8 Å². The molecule has 0 aliphatic rings. The van der Waals surface area contributed by atoms with E-state index in [1.165, 1.54) is 22.7 Å². The van der Waals surface area contributed by atoms with Crippen molar-refractivity contribution in [2.75, 3.05) is 26.6 Å². The van der Waals surface area contributed by atoms with Crippen LogP contribution in [0.2, 0.25) is 5.02 Å². The third-order valence-corrected chi connectivity index (χ3v) is 13.9. The zero-order valence-electron chi connectivity index (χ0n) is 36.8. The summed E-state index contributed by atoms with van der Waals surface area (Å²) in [6, 6.07) is 22.2. The predicted molar refractivity (Wildman–Crippen MR) is 248 cm³/mol. The van der Waals surface area contributed by atoms with Gasteiger partial charge in [-0.2, -0.15) is 14.5 Å². The zero-order chi connectivity index (χ0) is 45.2. The molecule has 0 amide bonds. The number of hydrogen-bond donors (Lipinski definition) is 0. The lowest BCUT2D eigenvalue weighted by atomic mass is 9.98. The number of thioether (sulfide) groups is 1. The summed E-state index contributed by atoms with van der Waals surface area (Å²) in [4.78, 5) is 14.8. The van der Waals surface area contributed by atoms with E-state index in [2.05, 4.69) is 5.10 Å². The molecule has 0 fully saturated rings. The Morgan fingerprint density at radius 2 is 1.67 bits per heavy atom. The second-order valence-corrected chi connectivity index (χ2v) is 18.9. The van der Waals surface area contributed by atoms with Gasteiger partial charge in [-0.25, -0.2) is 17.6 Å². The van der Waals surface area contributed by atoms with Gasteiger partial charge in [-0.1, -0.05) is 36.7 Å². The Balaban J connectivity index is 1.21. The number of ether oxygens (including phenoxy) is 3. The number of carbonyl (C=O) groups is 1. The summed E-state index contributed by atoms with van der Waals surface area (Å²) in [7, 11) is 3.39. The molecule has 12 nitrogen and oxygen atoms in total. The van der Waals surface area contributed by atoms with Gasteiger partial charge >= 0.3 is 5.97 Å². The molecule has 3 aromatic heterocycles. The lowest BCUT2D eigenvalue weighted by Crippen LogP contribution is -2.29. The van der Waals surface area contributed by atoms with E-state index in [-0.39, 0.29) is 25.5 Å². The lowest BCUT2D eigenvalue weighted by molar-refractivity contribution is 0.0514. The van der Waals surface area contributed by atoms with E-state index in [4.69, 9.17) is 30.9 Å². The number of aryl methyl sites for hydroxylation is 5. The fourth-order valence-electron chi connectivity index (χ4n) is 8.08. The Hall–Kier alpha value is -5.35. The first-order valence-corrected chi connectivity index (χ1v) is 23.9. The Labute approximate surface area is 376 Å². The summed E-state index contributed by atoms with van der Waals surface area (Å²) in [6.45, 7) is 6.21. The van der Waals surface area contributed by atoms with Crippen molar-refractivity contribution < 1.29 is 31.8 Å². The van der Waals surface area contributed by atoms with Crippen LogP contribution in [0.5, 0.6) is 11.5 Å². The SMILES string of the molecule is CCOC(=O)c1c(CCCOc2cc(SCc3ccc(OC)cc3)cc3cc(F)ccc23)c2ccc(Cl)c(-c3c(CN(Cc4cc(CC)n(C)n4)S(C)(=O)=O)nn(C)c3C)c2n1C. The molecule has 7 rings (SSSR count). The molecule has 16 heteroatoms. The number of methoxy groups -OCH3 is 1. The maximum atomic E-state index is 14.5. The minimum Gasteiger partial charge on any atom is -0.497 e. The molecule has 0 saturated heterocycles. The topological polar surface area (TPSA) is 123 Å². The molecule has 4 aromatic carbocycles. The number of aromatic nitrogens is 5. The second kappa shape index (κ2) is 19.2. The Kier molecular flexibility index (Phi) is 13.9. The molecule has 0 radical (unpaired) electrons. The molecule has 0 saturated carbocycles. The maximum Gasteiger partial charge on any atom is 0.355 e. The molecule has 0 N–H and O–H groups in total. The van der Waals surface area contributed by atoms with Crippen LogP contribution in [0.15, 0.2) is 77.7 Å². The molecule has 63 heavy (non-hydrogen) atoms. The third kappa shape index (κ3) is 9.76.